The minimum Gasteiger partial charge on any atom is -0.378 e. The quantitative estimate of drug-likeness (QED) is 0.169. The van der Waals surface area contributed by atoms with Crippen LogP contribution < -0.4 is 9.80 Å². The summed E-state index contributed by atoms with van der Waals surface area (Å²) in [6, 6.07) is 25.4. The number of benzene rings is 3. The Hall–Kier alpha value is -5.45. The minimum atomic E-state index is -4.75. The standard InChI is InChI=1S/C41H42F3N7O/c1-25(2)27-12-14-28(15-13-27)34-23-36(41(42,43)44)50-37(45-34)24-35(46-50)40(52)51-39(29-16-20-32(21-17-29)49(5)6)33-9-7-8-30(38(33)47-51)22-26-10-18-31(19-11-26)48(3)4/h10-25,33,39H,7-9H2,1-6H3/b30-22+/t33-,39-/m1/s1. The Bertz CT molecular complexity index is 2160. The molecule has 1 amide bonds. The van der Waals surface area contributed by atoms with E-state index in [1.54, 1.807) is 12.1 Å². The molecule has 7 rings (SSSR count). The van der Waals surface area contributed by atoms with Crippen LogP contribution >= 0.6 is 0 Å². The van der Waals surface area contributed by atoms with Gasteiger partial charge in [0.05, 0.1) is 17.4 Å². The van der Waals surface area contributed by atoms with E-state index >= 15 is 0 Å². The highest BCUT2D eigenvalue weighted by molar-refractivity contribution is 6.09. The van der Waals surface area contributed by atoms with Crippen molar-refractivity contribution < 1.29 is 18.0 Å². The van der Waals surface area contributed by atoms with Gasteiger partial charge in [-0.15, -0.1) is 0 Å². The zero-order valence-electron chi connectivity index (χ0n) is 30.2. The lowest BCUT2D eigenvalue weighted by Gasteiger charge is -2.29. The minimum absolute atomic E-state index is 0.0704. The summed E-state index contributed by atoms with van der Waals surface area (Å²) in [5.74, 6) is -0.413. The van der Waals surface area contributed by atoms with Gasteiger partial charge in [-0.3, -0.25) is 4.79 Å². The van der Waals surface area contributed by atoms with Crippen molar-refractivity contribution in [3.8, 4) is 11.3 Å². The third-order valence-corrected chi connectivity index (χ3v) is 10.0. The van der Waals surface area contributed by atoms with E-state index in [1.165, 1.54) is 11.1 Å². The third-order valence-electron chi connectivity index (χ3n) is 10.0. The fraction of sp³-hybridized carbons (Fsp3) is 0.317. The molecule has 11 heteroatoms. The molecule has 268 valence electrons. The molecular weight excluding hydrogens is 663 g/mol. The number of nitrogens with zero attached hydrogens (tertiary/aromatic N) is 7. The highest BCUT2D eigenvalue weighted by Crippen LogP contribution is 2.45. The van der Waals surface area contributed by atoms with Crippen molar-refractivity contribution in [2.45, 2.75) is 51.2 Å². The second-order valence-electron chi connectivity index (χ2n) is 14.3. The van der Waals surface area contributed by atoms with Gasteiger partial charge in [-0.1, -0.05) is 62.4 Å². The predicted molar refractivity (Wildman–Crippen MR) is 201 cm³/mol. The summed E-state index contributed by atoms with van der Waals surface area (Å²) in [6.45, 7) is 4.10. The topological polar surface area (TPSA) is 69.3 Å². The summed E-state index contributed by atoms with van der Waals surface area (Å²) in [4.78, 5) is 23.1. The Morgan fingerprint density at radius 3 is 2.12 bits per heavy atom. The molecule has 1 saturated carbocycles. The van der Waals surface area contributed by atoms with Crippen LogP contribution in [0.3, 0.4) is 0 Å². The fourth-order valence-electron chi connectivity index (χ4n) is 7.13. The second kappa shape index (κ2) is 13.6. The lowest BCUT2D eigenvalue weighted by atomic mass is 9.77. The van der Waals surface area contributed by atoms with Crippen molar-refractivity contribution in [1.82, 2.24) is 19.6 Å². The molecule has 1 aliphatic carbocycles. The van der Waals surface area contributed by atoms with Crippen LogP contribution in [0.1, 0.15) is 77.9 Å². The Labute approximate surface area is 301 Å². The Kier molecular flexibility index (Phi) is 9.14. The second-order valence-corrected chi connectivity index (χ2v) is 14.3. The number of alkyl halides is 3. The van der Waals surface area contributed by atoms with Crippen LogP contribution in [0, 0.1) is 5.92 Å². The van der Waals surface area contributed by atoms with Gasteiger partial charge >= 0.3 is 6.18 Å². The fourth-order valence-corrected chi connectivity index (χ4v) is 7.13. The number of hydrogen-bond acceptors (Lipinski definition) is 6. The van der Waals surface area contributed by atoms with Crippen molar-refractivity contribution in [3.63, 3.8) is 0 Å². The number of amides is 1. The van der Waals surface area contributed by atoms with Crippen LogP contribution in [0.4, 0.5) is 24.5 Å². The Morgan fingerprint density at radius 1 is 0.885 bits per heavy atom. The first-order chi connectivity index (χ1) is 24.8. The van der Waals surface area contributed by atoms with Crippen LogP contribution in [-0.4, -0.2) is 59.4 Å². The maximum atomic E-state index is 14.5. The first kappa shape index (κ1) is 35.0. The van der Waals surface area contributed by atoms with E-state index in [2.05, 4.69) is 54.3 Å². The number of halogens is 3. The van der Waals surface area contributed by atoms with Crippen molar-refractivity contribution in [2.24, 2.45) is 11.0 Å². The van der Waals surface area contributed by atoms with Crippen molar-refractivity contribution in [1.29, 1.82) is 0 Å². The zero-order valence-corrected chi connectivity index (χ0v) is 30.2. The van der Waals surface area contributed by atoms with E-state index in [0.717, 1.165) is 69.2 Å². The monoisotopic (exact) mass is 705 g/mol. The molecule has 0 spiro atoms. The number of anilines is 2. The van der Waals surface area contributed by atoms with Crippen LogP contribution in [0.2, 0.25) is 0 Å². The van der Waals surface area contributed by atoms with Crippen molar-refractivity contribution in [2.75, 3.05) is 38.0 Å². The van der Waals surface area contributed by atoms with Gasteiger partial charge in [0.2, 0.25) is 0 Å². The number of hydrazone groups is 1. The van der Waals surface area contributed by atoms with E-state index < -0.39 is 23.8 Å². The Balaban J connectivity index is 1.31. The lowest BCUT2D eigenvalue weighted by Crippen LogP contribution is -2.32. The number of allylic oxidation sites excluding steroid dienone is 1. The molecule has 1 aliphatic heterocycles. The summed E-state index contributed by atoms with van der Waals surface area (Å²) in [5, 5.41) is 10.6. The summed E-state index contributed by atoms with van der Waals surface area (Å²) in [7, 11) is 7.92. The summed E-state index contributed by atoms with van der Waals surface area (Å²) >= 11 is 0. The molecule has 0 N–H and O–H groups in total. The molecule has 3 heterocycles. The van der Waals surface area contributed by atoms with Gasteiger partial charge in [0.15, 0.2) is 17.0 Å². The normalized spacial score (nSPS) is 18.2. The molecule has 3 aromatic carbocycles. The highest BCUT2D eigenvalue weighted by Gasteiger charge is 2.45. The summed E-state index contributed by atoms with van der Waals surface area (Å²) < 4.78 is 44.3. The molecule has 2 atom stereocenters. The van der Waals surface area contributed by atoms with Gasteiger partial charge in [-0.2, -0.15) is 23.4 Å². The average molecular weight is 706 g/mol. The first-order valence-corrected chi connectivity index (χ1v) is 17.5. The van der Waals surface area contributed by atoms with Crippen LogP contribution in [0.15, 0.2) is 95.6 Å². The maximum Gasteiger partial charge on any atom is 0.433 e. The first-order valence-electron chi connectivity index (χ1n) is 17.5. The molecule has 0 bridgehead atoms. The lowest BCUT2D eigenvalue weighted by molar-refractivity contribution is -0.142. The molecular formula is C41H42F3N7O. The van der Waals surface area contributed by atoms with Gasteiger partial charge in [-0.05, 0) is 83.9 Å². The maximum absolute atomic E-state index is 14.5. The molecule has 8 nitrogen and oxygen atoms in total. The summed E-state index contributed by atoms with van der Waals surface area (Å²) in [6.07, 6.45) is -0.0983. The SMILES string of the molecule is CC(C)c1ccc(-c2cc(C(F)(F)F)n3nc(C(=O)N4N=C5/C(=C/c6ccc(N(C)C)cc6)CCC[C@H]5[C@H]4c4ccc(N(C)C)cc4)cc3n2)cc1. The molecule has 2 aromatic heterocycles. The number of carbonyl (C=O) groups is 1. The van der Waals surface area contributed by atoms with Gasteiger partial charge in [0, 0.05) is 57.1 Å². The van der Waals surface area contributed by atoms with E-state index in [-0.39, 0.29) is 28.9 Å². The third kappa shape index (κ3) is 6.67. The van der Waals surface area contributed by atoms with Crippen LogP contribution in [0.25, 0.3) is 23.0 Å². The molecule has 0 saturated heterocycles. The van der Waals surface area contributed by atoms with Gasteiger partial charge in [0.25, 0.3) is 5.91 Å². The van der Waals surface area contributed by atoms with E-state index in [0.29, 0.717) is 5.56 Å². The van der Waals surface area contributed by atoms with Gasteiger partial charge < -0.3 is 9.80 Å². The van der Waals surface area contributed by atoms with Gasteiger partial charge in [0.1, 0.15) is 0 Å². The molecule has 1 fully saturated rings. The summed E-state index contributed by atoms with van der Waals surface area (Å²) in [5.41, 5.74) is 6.40. The van der Waals surface area contributed by atoms with Crippen molar-refractivity contribution >= 4 is 34.7 Å². The zero-order chi connectivity index (χ0) is 36.9. The highest BCUT2D eigenvalue weighted by atomic mass is 19.4. The predicted octanol–water partition coefficient (Wildman–Crippen LogP) is 9.11. The van der Waals surface area contributed by atoms with Crippen LogP contribution in [0.5, 0.6) is 0 Å². The van der Waals surface area contributed by atoms with E-state index in [1.807, 2.05) is 74.4 Å². The molecule has 0 unspecified atom stereocenters. The smallest absolute Gasteiger partial charge is 0.378 e. The molecule has 52 heavy (non-hydrogen) atoms. The average Bonchev–Trinajstić information content (AvgIpc) is 3.74. The molecule has 5 aromatic rings. The van der Waals surface area contributed by atoms with E-state index in [4.69, 9.17) is 5.10 Å². The largest absolute Gasteiger partial charge is 0.433 e. The number of hydrogen-bond donors (Lipinski definition) is 0. The van der Waals surface area contributed by atoms with Crippen LogP contribution in [-0.2, 0) is 6.18 Å². The van der Waals surface area contributed by atoms with E-state index in [9.17, 15) is 18.0 Å². The molecule has 0 radical (unpaired) electrons. The Morgan fingerprint density at radius 2 is 1.52 bits per heavy atom. The number of rotatable bonds is 7. The number of fused-ring (bicyclic) bond motifs is 2. The van der Waals surface area contributed by atoms with Gasteiger partial charge in [-0.25, -0.2) is 14.5 Å². The number of aromatic nitrogens is 3. The number of carbonyl (C=O) groups excluding carboxylic acids is 1. The molecule has 2 aliphatic rings. The van der Waals surface area contributed by atoms with Crippen molar-refractivity contribution in [3.05, 3.63) is 119 Å².